The van der Waals surface area contributed by atoms with Crippen LogP contribution >= 0.6 is 11.8 Å². The van der Waals surface area contributed by atoms with Gasteiger partial charge in [-0.1, -0.05) is 42.1 Å². The van der Waals surface area contributed by atoms with Gasteiger partial charge in [0.2, 0.25) is 5.91 Å². The van der Waals surface area contributed by atoms with Crippen molar-refractivity contribution in [3.8, 4) is 0 Å². The number of para-hydroxylation sites is 1. The molecule has 0 saturated heterocycles. The maximum absolute atomic E-state index is 12.9. The van der Waals surface area contributed by atoms with E-state index in [0.29, 0.717) is 40.4 Å². The maximum Gasteiger partial charge on any atom is 0.262 e. The maximum atomic E-state index is 12.9. The van der Waals surface area contributed by atoms with Gasteiger partial charge in [-0.15, -0.1) is 0 Å². The van der Waals surface area contributed by atoms with E-state index in [-0.39, 0.29) is 23.8 Å². The quantitative estimate of drug-likeness (QED) is 0.204. The zero-order valence-electron chi connectivity index (χ0n) is 18.3. The summed E-state index contributed by atoms with van der Waals surface area (Å²) in [6.07, 6.45) is 0.424. The van der Waals surface area contributed by atoms with Gasteiger partial charge in [0.05, 0.1) is 28.0 Å². The number of rotatable bonds is 9. The molecule has 1 heterocycles. The minimum atomic E-state index is -0.222. The number of thioether (sulfide) groups is 1. The van der Waals surface area contributed by atoms with Crippen LogP contribution in [0.2, 0.25) is 0 Å². The summed E-state index contributed by atoms with van der Waals surface area (Å²) in [6, 6.07) is 23.6. The van der Waals surface area contributed by atoms with Gasteiger partial charge in [0.1, 0.15) is 0 Å². The number of hydrogen-bond donors (Lipinski definition) is 2. The first-order chi connectivity index (χ1) is 16.6. The number of amides is 1. The van der Waals surface area contributed by atoms with Gasteiger partial charge in [0.25, 0.3) is 5.56 Å². The van der Waals surface area contributed by atoms with Crippen molar-refractivity contribution in [3.05, 3.63) is 89.2 Å². The largest absolute Gasteiger partial charge is 0.396 e. The molecule has 0 unspecified atom stereocenters. The Balaban J connectivity index is 1.41. The summed E-state index contributed by atoms with van der Waals surface area (Å²) in [5, 5.41) is 21.4. The highest BCUT2D eigenvalue weighted by Crippen LogP contribution is 2.21. The van der Waals surface area contributed by atoms with E-state index >= 15 is 0 Å². The van der Waals surface area contributed by atoms with Crippen LogP contribution < -0.4 is 10.9 Å². The molecule has 0 fully saturated rings. The highest BCUT2D eigenvalue weighted by Gasteiger charge is 2.13. The molecule has 4 aromatic rings. The molecule has 0 aliphatic rings. The fraction of sp³-hybridized carbons (Fsp3) is 0.160. The monoisotopic (exact) mass is 473 g/mol. The molecule has 0 saturated carbocycles. The summed E-state index contributed by atoms with van der Waals surface area (Å²) < 4.78 is 1.52. The highest BCUT2D eigenvalue weighted by molar-refractivity contribution is 7.99. The molecule has 9 heteroatoms. The fourth-order valence-corrected chi connectivity index (χ4v) is 4.06. The SMILES string of the molecule is O=C(CSc1nc2ccccc2c(=O)n1CCCO)Nc1ccc(N=Nc2ccccc2)cc1. The predicted molar refractivity (Wildman–Crippen MR) is 134 cm³/mol. The minimum Gasteiger partial charge on any atom is -0.396 e. The number of fused-ring (bicyclic) bond motifs is 1. The molecule has 2 N–H and O–H groups in total. The fourth-order valence-electron chi connectivity index (χ4n) is 3.23. The normalized spacial score (nSPS) is 11.2. The Morgan fingerprint density at radius 3 is 2.35 bits per heavy atom. The van der Waals surface area contributed by atoms with Crippen LogP contribution in [0.25, 0.3) is 10.9 Å². The topological polar surface area (TPSA) is 109 Å². The smallest absolute Gasteiger partial charge is 0.262 e. The molecule has 0 aliphatic carbocycles. The predicted octanol–water partition coefficient (Wildman–Crippen LogP) is 4.93. The van der Waals surface area contributed by atoms with E-state index in [1.165, 1.54) is 16.3 Å². The van der Waals surface area contributed by atoms with E-state index in [9.17, 15) is 14.7 Å². The Bertz CT molecular complexity index is 1350. The van der Waals surface area contributed by atoms with Crippen LogP contribution in [0.15, 0.2) is 99.0 Å². The lowest BCUT2D eigenvalue weighted by Crippen LogP contribution is -2.24. The lowest BCUT2D eigenvalue weighted by Gasteiger charge is -2.12. The van der Waals surface area contributed by atoms with E-state index in [4.69, 9.17) is 0 Å². The van der Waals surface area contributed by atoms with E-state index < -0.39 is 0 Å². The summed E-state index contributed by atoms with van der Waals surface area (Å²) in [5.74, 6) is -0.140. The molecule has 172 valence electrons. The zero-order valence-corrected chi connectivity index (χ0v) is 19.1. The Hall–Kier alpha value is -3.82. The number of anilines is 1. The van der Waals surface area contributed by atoms with Gasteiger partial charge >= 0.3 is 0 Å². The van der Waals surface area contributed by atoms with Crippen molar-refractivity contribution in [2.24, 2.45) is 10.2 Å². The van der Waals surface area contributed by atoms with Crippen molar-refractivity contribution < 1.29 is 9.90 Å². The number of benzene rings is 3. The first kappa shape index (κ1) is 23.3. The van der Waals surface area contributed by atoms with Crippen molar-refractivity contribution in [1.82, 2.24) is 9.55 Å². The standard InChI is InChI=1S/C25H23N5O3S/c31-16-6-15-30-24(33)21-9-4-5-10-22(21)27-25(30)34-17-23(32)26-18-11-13-20(14-12-18)29-28-19-7-2-1-3-8-19/h1-5,7-14,31H,6,15-17H2,(H,26,32). The van der Waals surface area contributed by atoms with Gasteiger partial charge in [0, 0.05) is 18.8 Å². The van der Waals surface area contributed by atoms with Crippen molar-refractivity contribution in [1.29, 1.82) is 0 Å². The third kappa shape index (κ3) is 5.94. The molecule has 0 aliphatic heterocycles. The Kier molecular flexibility index (Phi) is 7.79. The van der Waals surface area contributed by atoms with Gasteiger partial charge < -0.3 is 10.4 Å². The van der Waals surface area contributed by atoms with Crippen LogP contribution in [0.1, 0.15) is 6.42 Å². The molecule has 0 atom stereocenters. The first-order valence-corrected chi connectivity index (χ1v) is 11.7. The summed E-state index contributed by atoms with van der Waals surface area (Å²) in [7, 11) is 0. The number of hydrogen-bond acceptors (Lipinski definition) is 7. The lowest BCUT2D eigenvalue weighted by atomic mass is 10.2. The van der Waals surface area contributed by atoms with Gasteiger partial charge in [-0.05, 0) is 55.0 Å². The average molecular weight is 474 g/mol. The molecule has 3 aromatic carbocycles. The minimum absolute atomic E-state index is 0.0369. The van der Waals surface area contributed by atoms with Gasteiger partial charge in [-0.3, -0.25) is 14.2 Å². The highest BCUT2D eigenvalue weighted by atomic mass is 32.2. The van der Waals surface area contributed by atoms with Crippen LogP contribution in [0, 0.1) is 0 Å². The zero-order chi connectivity index (χ0) is 23.8. The average Bonchev–Trinajstić information content (AvgIpc) is 2.87. The molecule has 0 radical (unpaired) electrons. The van der Waals surface area contributed by atoms with Crippen molar-refractivity contribution in [2.75, 3.05) is 17.7 Å². The van der Waals surface area contributed by atoms with Gasteiger partial charge in [0.15, 0.2) is 5.16 Å². The molecule has 1 aromatic heterocycles. The number of aliphatic hydroxyl groups excluding tert-OH is 1. The number of nitrogens with one attached hydrogen (secondary N) is 1. The van der Waals surface area contributed by atoms with Crippen molar-refractivity contribution in [2.45, 2.75) is 18.1 Å². The Labute approximate surface area is 200 Å². The molecule has 0 bridgehead atoms. The molecule has 8 nitrogen and oxygen atoms in total. The number of nitrogens with zero attached hydrogens (tertiary/aromatic N) is 4. The summed E-state index contributed by atoms with van der Waals surface area (Å²) in [5.41, 5.74) is 2.47. The summed E-state index contributed by atoms with van der Waals surface area (Å²) in [4.78, 5) is 30.0. The van der Waals surface area contributed by atoms with Crippen LogP contribution in [0.4, 0.5) is 17.1 Å². The first-order valence-electron chi connectivity index (χ1n) is 10.7. The second-order valence-corrected chi connectivity index (χ2v) is 8.31. The molecular weight excluding hydrogens is 450 g/mol. The van der Waals surface area contributed by atoms with E-state index in [1.807, 2.05) is 36.4 Å². The van der Waals surface area contributed by atoms with Crippen molar-refractivity contribution in [3.63, 3.8) is 0 Å². The number of aliphatic hydroxyl groups is 1. The van der Waals surface area contributed by atoms with E-state index in [0.717, 1.165) is 5.69 Å². The van der Waals surface area contributed by atoms with Gasteiger partial charge in [-0.2, -0.15) is 10.2 Å². The second kappa shape index (κ2) is 11.4. The molecule has 0 spiro atoms. The molecular formula is C25H23N5O3S. The van der Waals surface area contributed by atoms with Crippen LogP contribution in [-0.2, 0) is 11.3 Å². The van der Waals surface area contributed by atoms with Crippen LogP contribution in [-0.4, -0.2) is 32.9 Å². The lowest BCUT2D eigenvalue weighted by molar-refractivity contribution is -0.113. The number of carbonyl (C=O) groups is 1. The third-order valence-corrected chi connectivity index (χ3v) is 5.86. The summed E-state index contributed by atoms with van der Waals surface area (Å²) >= 11 is 1.19. The second-order valence-electron chi connectivity index (χ2n) is 7.36. The Morgan fingerprint density at radius 2 is 1.62 bits per heavy atom. The van der Waals surface area contributed by atoms with Crippen LogP contribution in [0.3, 0.4) is 0 Å². The third-order valence-electron chi connectivity index (χ3n) is 4.89. The number of azo groups is 1. The number of aromatic nitrogens is 2. The van der Waals surface area contributed by atoms with Crippen molar-refractivity contribution >= 4 is 45.6 Å². The number of carbonyl (C=O) groups excluding carboxylic acids is 1. The molecule has 34 heavy (non-hydrogen) atoms. The van der Waals surface area contributed by atoms with Gasteiger partial charge in [-0.25, -0.2) is 4.98 Å². The Morgan fingerprint density at radius 1 is 0.941 bits per heavy atom. The summed E-state index contributed by atoms with van der Waals surface area (Å²) in [6.45, 7) is 0.293. The molecule has 4 rings (SSSR count). The van der Waals surface area contributed by atoms with E-state index in [2.05, 4.69) is 20.5 Å². The van der Waals surface area contributed by atoms with Crippen LogP contribution in [0.5, 0.6) is 0 Å². The molecule has 1 amide bonds. The van der Waals surface area contributed by atoms with E-state index in [1.54, 1.807) is 42.5 Å².